The van der Waals surface area contributed by atoms with E-state index in [1.54, 1.807) is 18.2 Å². The van der Waals surface area contributed by atoms with Crippen LogP contribution in [0.25, 0.3) is 0 Å². The van der Waals surface area contributed by atoms with E-state index in [9.17, 15) is 13.2 Å². The number of aryl methyl sites for hydroxylation is 1. The van der Waals surface area contributed by atoms with E-state index in [1.165, 1.54) is 4.31 Å². The molecule has 0 bridgehead atoms. The van der Waals surface area contributed by atoms with Crippen LogP contribution >= 0.6 is 0 Å². The van der Waals surface area contributed by atoms with Gasteiger partial charge in [0.05, 0.1) is 11.4 Å². The summed E-state index contributed by atoms with van der Waals surface area (Å²) in [5.41, 5.74) is 9.42. The first kappa shape index (κ1) is 18.3. The molecule has 3 N–H and O–H groups in total. The van der Waals surface area contributed by atoms with Crippen LogP contribution in [0.5, 0.6) is 0 Å². The average Bonchev–Trinajstić information content (AvgIpc) is 2.95. The van der Waals surface area contributed by atoms with Gasteiger partial charge in [-0.25, -0.2) is 8.42 Å². The number of hydrogen-bond acceptors (Lipinski definition) is 4. The lowest BCUT2D eigenvalue weighted by molar-refractivity contribution is 0.0953. The summed E-state index contributed by atoms with van der Waals surface area (Å²) in [6, 6.07) is 12.7. The van der Waals surface area contributed by atoms with Gasteiger partial charge in [-0.2, -0.15) is 0 Å². The van der Waals surface area contributed by atoms with Crippen LogP contribution in [0.1, 0.15) is 27.9 Å². The second-order valence-electron chi connectivity index (χ2n) is 6.49. The van der Waals surface area contributed by atoms with Crippen LogP contribution in [0, 0.1) is 6.92 Å². The molecule has 0 aromatic heterocycles. The van der Waals surface area contributed by atoms with Gasteiger partial charge in [0.1, 0.15) is 0 Å². The molecule has 2 aromatic rings. The molecule has 1 fully saturated rings. The second-order valence-corrected chi connectivity index (χ2v) is 8.50. The second kappa shape index (κ2) is 7.37. The number of nitrogen functional groups attached to an aromatic ring is 1. The van der Waals surface area contributed by atoms with Gasteiger partial charge < -0.3 is 11.1 Å². The molecule has 1 aliphatic heterocycles. The van der Waals surface area contributed by atoms with Crippen LogP contribution in [0.15, 0.2) is 42.5 Å². The fourth-order valence-electron chi connectivity index (χ4n) is 3.09. The van der Waals surface area contributed by atoms with Gasteiger partial charge >= 0.3 is 0 Å². The Morgan fingerprint density at radius 1 is 1.19 bits per heavy atom. The summed E-state index contributed by atoms with van der Waals surface area (Å²) in [6.07, 6.45) is 1.35. The van der Waals surface area contributed by atoms with E-state index >= 15 is 0 Å². The van der Waals surface area contributed by atoms with Gasteiger partial charge in [-0.3, -0.25) is 9.10 Å². The van der Waals surface area contributed by atoms with E-state index < -0.39 is 10.0 Å². The van der Waals surface area contributed by atoms with Crippen molar-refractivity contribution in [3.05, 3.63) is 59.2 Å². The van der Waals surface area contributed by atoms with Gasteiger partial charge in [0.2, 0.25) is 10.0 Å². The SMILES string of the molecule is Cc1cc(N2CCCS2(=O)=O)ccc1C(=O)NCCc1ccc(N)cc1. The summed E-state index contributed by atoms with van der Waals surface area (Å²) in [6.45, 7) is 2.83. The van der Waals surface area contributed by atoms with Crippen LogP contribution in [0.2, 0.25) is 0 Å². The molecular weight excluding hydrogens is 350 g/mol. The smallest absolute Gasteiger partial charge is 0.251 e. The number of nitrogens with zero attached hydrogens (tertiary/aromatic N) is 1. The summed E-state index contributed by atoms with van der Waals surface area (Å²) in [7, 11) is -3.21. The van der Waals surface area contributed by atoms with Crippen molar-refractivity contribution in [2.24, 2.45) is 0 Å². The van der Waals surface area contributed by atoms with Crippen molar-refractivity contribution < 1.29 is 13.2 Å². The van der Waals surface area contributed by atoms with Crippen LogP contribution in [0.3, 0.4) is 0 Å². The van der Waals surface area contributed by atoms with E-state index in [1.807, 2.05) is 31.2 Å². The molecule has 1 amide bonds. The standard InChI is InChI=1S/C19H23N3O3S/c1-14-13-17(22-11-2-12-26(22,24)25)7-8-18(14)19(23)21-10-9-15-3-5-16(20)6-4-15/h3-8,13H,2,9-12,20H2,1H3,(H,21,23). The molecular formula is C19H23N3O3S. The molecule has 0 spiro atoms. The molecule has 0 saturated carbocycles. The third-order valence-electron chi connectivity index (χ3n) is 4.52. The van der Waals surface area contributed by atoms with Crippen molar-refractivity contribution in [2.45, 2.75) is 19.8 Å². The number of nitrogens with two attached hydrogens (primary N) is 1. The fourth-order valence-corrected chi connectivity index (χ4v) is 4.64. The molecule has 26 heavy (non-hydrogen) atoms. The van der Waals surface area contributed by atoms with Crippen molar-refractivity contribution in [1.82, 2.24) is 5.32 Å². The van der Waals surface area contributed by atoms with Crippen LogP contribution in [-0.2, 0) is 16.4 Å². The Labute approximate surface area is 154 Å². The number of carbonyl (C=O) groups excluding carboxylic acids is 1. The van der Waals surface area contributed by atoms with Crippen molar-refractivity contribution in [1.29, 1.82) is 0 Å². The molecule has 0 aliphatic carbocycles. The lowest BCUT2D eigenvalue weighted by Gasteiger charge is -2.18. The summed E-state index contributed by atoms with van der Waals surface area (Å²) >= 11 is 0. The van der Waals surface area contributed by atoms with Crippen LogP contribution in [0.4, 0.5) is 11.4 Å². The molecule has 1 saturated heterocycles. The summed E-state index contributed by atoms with van der Waals surface area (Å²) in [5, 5.41) is 2.91. The van der Waals surface area contributed by atoms with Gasteiger partial charge in [0.15, 0.2) is 0 Å². The minimum atomic E-state index is -3.21. The normalized spacial score (nSPS) is 15.8. The third kappa shape index (κ3) is 3.99. The lowest BCUT2D eigenvalue weighted by atomic mass is 10.1. The maximum Gasteiger partial charge on any atom is 0.251 e. The van der Waals surface area contributed by atoms with Gasteiger partial charge in [0.25, 0.3) is 5.91 Å². The van der Waals surface area contributed by atoms with E-state index in [2.05, 4.69) is 5.32 Å². The van der Waals surface area contributed by atoms with Crippen molar-refractivity contribution in [3.63, 3.8) is 0 Å². The maximum absolute atomic E-state index is 12.4. The van der Waals surface area contributed by atoms with Crippen molar-refractivity contribution >= 4 is 27.3 Å². The Bertz CT molecular complexity index is 908. The molecule has 0 atom stereocenters. The summed E-state index contributed by atoms with van der Waals surface area (Å²) in [5.74, 6) is 0.0214. The lowest BCUT2D eigenvalue weighted by Crippen LogP contribution is -2.27. The quantitative estimate of drug-likeness (QED) is 0.785. The van der Waals surface area contributed by atoms with Crippen LogP contribution < -0.4 is 15.4 Å². The zero-order valence-electron chi connectivity index (χ0n) is 14.7. The molecule has 2 aromatic carbocycles. The number of nitrogens with one attached hydrogen (secondary N) is 1. The minimum absolute atomic E-state index is 0.159. The first-order valence-corrected chi connectivity index (χ1v) is 10.2. The first-order chi connectivity index (χ1) is 12.4. The Morgan fingerprint density at radius 2 is 1.92 bits per heavy atom. The molecule has 138 valence electrons. The van der Waals surface area contributed by atoms with Gasteiger partial charge in [-0.15, -0.1) is 0 Å². The number of amides is 1. The Kier molecular flexibility index (Phi) is 5.18. The largest absolute Gasteiger partial charge is 0.399 e. The highest BCUT2D eigenvalue weighted by molar-refractivity contribution is 7.93. The molecule has 1 heterocycles. The summed E-state index contributed by atoms with van der Waals surface area (Å²) < 4.78 is 25.5. The predicted octanol–water partition coefficient (Wildman–Crippen LogP) is 2.09. The Morgan fingerprint density at radius 3 is 2.54 bits per heavy atom. The number of benzene rings is 2. The molecule has 1 aliphatic rings. The molecule has 7 heteroatoms. The number of carbonyl (C=O) groups is 1. The topological polar surface area (TPSA) is 92.5 Å². The molecule has 0 unspecified atom stereocenters. The first-order valence-electron chi connectivity index (χ1n) is 8.60. The van der Waals surface area contributed by atoms with Crippen molar-refractivity contribution in [2.75, 3.05) is 28.9 Å². The van der Waals surface area contributed by atoms with Crippen molar-refractivity contribution in [3.8, 4) is 0 Å². The fraction of sp³-hybridized carbons (Fsp3) is 0.316. The molecule has 3 rings (SSSR count). The highest BCUT2D eigenvalue weighted by Gasteiger charge is 2.28. The van der Waals surface area contributed by atoms with E-state index in [-0.39, 0.29) is 11.7 Å². The third-order valence-corrected chi connectivity index (χ3v) is 6.39. The number of hydrogen-bond donors (Lipinski definition) is 2. The van der Waals surface area contributed by atoms with Gasteiger partial charge in [0, 0.05) is 24.3 Å². The van der Waals surface area contributed by atoms with Gasteiger partial charge in [-0.1, -0.05) is 12.1 Å². The maximum atomic E-state index is 12.4. The predicted molar refractivity (Wildman–Crippen MR) is 104 cm³/mol. The Hall–Kier alpha value is -2.54. The van der Waals surface area contributed by atoms with E-state index in [0.29, 0.717) is 36.4 Å². The van der Waals surface area contributed by atoms with E-state index in [4.69, 9.17) is 5.73 Å². The zero-order valence-corrected chi connectivity index (χ0v) is 15.6. The summed E-state index contributed by atoms with van der Waals surface area (Å²) in [4.78, 5) is 12.4. The molecule has 6 nitrogen and oxygen atoms in total. The van der Waals surface area contributed by atoms with E-state index in [0.717, 1.165) is 17.5 Å². The highest BCUT2D eigenvalue weighted by atomic mass is 32.2. The van der Waals surface area contributed by atoms with Gasteiger partial charge in [-0.05, 0) is 61.2 Å². The van der Waals surface area contributed by atoms with Crippen LogP contribution in [-0.4, -0.2) is 33.2 Å². The number of anilines is 2. The number of rotatable bonds is 5. The molecule has 0 radical (unpaired) electrons. The highest BCUT2D eigenvalue weighted by Crippen LogP contribution is 2.26. The average molecular weight is 373 g/mol. The minimum Gasteiger partial charge on any atom is -0.399 e. The number of sulfonamides is 1. The Balaban J connectivity index is 1.63. The zero-order chi connectivity index (χ0) is 18.7. The monoisotopic (exact) mass is 373 g/mol.